The molecular formula is C44H80NO8P. The van der Waals surface area contributed by atoms with E-state index < -0.39 is 26.5 Å². The molecule has 0 saturated heterocycles. The average molecular weight is 782 g/mol. The Morgan fingerprint density at radius 2 is 1.00 bits per heavy atom. The number of aliphatic hydroxyl groups is 1. The predicted octanol–water partition coefficient (Wildman–Crippen LogP) is 11.9. The number of carbonyl (C=O) groups excluding carboxylic acids is 2. The van der Waals surface area contributed by atoms with Gasteiger partial charge in [0.2, 0.25) is 5.91 Å². The minimum atomic E-state index is -4.42. The van der Waals surface area contributed by atoms with Gasteiger partial charge in [0.1, 0.15) is 12.7 Å². The van der Waals surface area contributed by atoms with Gasteiger partial charge in [0, 0.05) is 19.4 Å². The molecule has 0 bridgehead atoms. The number of hydrogen-bond donors (Lipinski definition) is 3. The van der Waals surface area contributed by atoms with Crippen molar-refractivity contribution in [2.45, 2.75) is 193 Å². The average Bonchev–Trinajstić information content (AvgIpc) is 3.16. The van der Waals surface area contributed by atoms with Gasteiger partial charge >= 0.3 is 13.8 Å². The summed E-state index contributed by atoms with van der Waals surface area (Å²) in [5.41, 5.74) is 0. The summed E-state index contributed by atoms with van der Waals surface area (Å²) in [5.74, 6) is -0.539. The molecule has 1 amide bonds. The summed E-state index contributed by atoms with van der Waals surface area (Å²) >= 11 is 0. The fraction of sp³-hybridized carbons (Fsp3) is 0.773. The first-order chi connectivity index (χ1) is 26.3. The topological polar surface area (TPSA) is 131 Å². The van der Waals surface area contributed by atoms with Crippen LogP contribution in [0, 0.1) is 0 Å². The molecule has 0 aliphatic heterocycles. The Bertz CT molecular complexity index is 1030. The van der Waals surface area contributed by atoms with Crippen molar-refractivity contribution in [3.05, 3.63) is 48.6 Å². The Hall–Kier alpha value is -2.03. The van der Waals surface area contributed by atoms with Crippen LogP contribution in [0.2, 0.25) is 0 Å². The largest absolute Gasteiger partial charge is 0.472 e. The van der Waals surface area contributed by atoms with Crippen LogP contribution in [0.1, 0.15) is 187 Å². The number of carbonyl (C=O) groups is 2. The number of allylic oxidation sites excluding steroid dienone is 8. The summed E-state index contributed by atoms with van der Waals surface area (Å²) in [4.78, 5) is 33.9. The number of rotatable bonds is 40. The van der Waals surface area contributed by atoms with Gasteiger partial charge < -0.3 is 20.1 Å². The summed E-state index contributed by atoms with van der Waals surface area (Å²) in [5, 5.41) is 12.7. The van der Waals surface area contributed by atoms with E-state index in [4.69, 9.17) is 13.8 Å². The highest BCUT2D eigenvalue weighted by Crippen LogP contribution is 2.42. The second-order valence-corrected chi connectivity index (χ2v) is 15.8. The molecule has 2 atom stereocenters. The van der Waals surface area contributed by atoms with Crippen molar-refractivity contribution in [3.63, 3.8) is 0 Å². The monoisotopic (exact) mass is 782 g/mol. The molecule has 0 saturated carbocycles. The molecule has 10 heteroatoms. The van der Waals surface area contributed by atoms with E-state index in [0.717, 1.165) is 77.0 Å². The van der Waals surface area contributed by atoms with Crippen LogP contribution in [-0.4, -0.2) is 54.3 Å². The van der Waals surface area contributed by atoms with Gasteiger partial charge in [-0.1, -0.05) is 146 Å². The first-order valence-electron chi connectivity index (χ1n) is 21.6. The van der Waals surface area contributed by atoms with E-state index in [-0.39, 0.29) is 32.1 Å². The lowest BCUT2D eigenvalue weighted by molar-refractivity contribution is -0.147. The standard InChI is InChI=1S/C44H80NO8P/c1-3-5-7-9-11-13-15-17-19-20-21-23-24-26-28-30-32-34-36-43(47)45-38-39-52-54(49,50)53-41-42(46)40-51-44(48)37-35-33-31-29-27-25-22-18-16-14-12-10-8-6-4-2/h12-15,18-20,22,42,46H,3-11,16-17,21,23-41H2,1-2H3,(H,45,47)(H,49,50)/b14-12-,15-13-,20-19-,22-18-. The Balaban J connectivity index is 3.63. The number of amides is 1. The van der Waals surface area contributed by atoms with Crippen molar-refractivity contribution in [1.29, 1.82) is 0 Å². The van der Waals surface area contributed by atoms with Crippen molar-refractivity contribution in [2.75, 3.05) is 26.4 Å². The number of unbranched alkanes of at least 4 members (excludes halogenated alkanes) is 19. The zero-order chi connectivity index (χ0) is 39.6. The summed E-state index contributed by atoms with van der Waals surface area (Å²) in [6.45, 7) is 3.48. The minimum absolute atomic E-state index is 0.0743. The van der Waals surface area contributed by atoms with Crippen LogP contribution in [0.5, 0.6) is 0 Å². The number of hydrogen-bond acceptors (Lipinski definition) is 7. The number of phosphoric ester groups is 1. The van der Waals surface area contributed by atoms with Crippen molar-refractivity contribution in [3.8, 4) is 0 Å². The van der Waals surface area contributed by atoms with E-state index in [1.807, 2.05) is 0 Å². The first-order valence-corrected chi connectivity index (χ1v) is 23.1. The van der Waals surface area contributed by atoms with Crippen LogP contribution >= 0.6 is 7.82 Å². The Morgan fingerprint density at radius 1 is 0.574 bits per heavy atom. The molecule has 0 radical (unpaired) electrons. The lowest BCUT2D eigenvalue weighted by Crippen LogP contribution is -2.27. The molecule has 0 fully saturated rings. The van der Waals surface area contributed by atoms with Gasteiger partial charge in [-0.05, 0) is 77.0 Å². The van der Waals surface area contributed by atoms with Gasteiger partial charge in [0.15, 0.2) is 0 Å². The maximum absolute atomic E-state index is 12.1. The lowest BCUT2D eigenvalue weighted by Gasteiger charge is -2.15. The number of esters is 1. The quantitative estimate of drug-likeness (QED) is 0.0242. The van der Waals surface area contributed by atoms with Crippen LogP contribution < -0.4 is 5.32 Å². The molecule has 0 aliphatic carbocycles. The molecule has 54 heavy (non-hydrogen) atoms. The molecule has 0 heterocycles. The third-order valence-electron chi connectivity index (χ3n) is 8.98. The van der Waals surface area contributed by atoms with E-state index in [1.54, 1.807) is 0 Å². The lowest BCUT2D eigenvalue weighted by atomic mass is 10.1. The van der Waals surface area contributed by atoms with Crippen LogP contribution in [0.3, 0.4) is 0 Å². The second kappa shape index (κ2) is 40.6. The maximum Gasteiger partial charge on any atom is 0.472 e. The van der Waals surface area contributed by atoms with E-state index in [2.05, 4.69) is 67.8 Å². The molecule has 0 aliphatic rings. The highest BCUT2D eigenvalue weighted by Gasteiger charge is 2.23. The van der Waals surface area contributed by atoms with Crippen LogP contribution in [0.25, 0.3) is 0 Å². The first kappa shape index (κ1) is 52.0. The van der Waals surface area contributed by atoms with Gasteiger partial charge in [-0.3, -0.25) is 18.6 Å². The smallest absolute Gasteiger partial charge is 0.463 e. The third-order valence-corrected chi connectivity index (χ3v) is 9.97. The molecule has 3 N–H and O–H groups in total. The zero-order valence-corrected chi connectivity index (χ0v) is 35.3. The Kier molecular flexibility index (Phi) is 39.1. The van der Waals surface area contributed by atoms with Gasteiger partial charge in [-0.15, -0.1) is 0 Å². The van der Waals surface area contributed by atoms with Crippen LogP contribution in [0.4, 0.5) is 0 Å². The number of ether oxygens (including phenoxy) is 1. The van der Waals surface area contributed by atoms with Crippen molar-refractivity contribution in [1.82, 2.24) is 5.32 Å². The van der Waals surface area contributed by atoms with E-state index in [0.29, 0.717) is 6.42 Å². The SMILES string of the molecule is CCCCC/C=C\C/C=C\CCCCCCCC(=O)OCC(O)COP(=O)(O)OCCNC(=O)CCCCCCCCC/C=C\C/C=C\CCCCCC. The summed E-state index contributed by atoms with van der Waals surface area (Å²) in [6.07, 6.45) is 46.0. The van der Waals surface area contributed by atoms with E-state index in [9.17, 15) is 24.2 Å². The highest BCUT2D eigenvalue weighted by molar-refractivity contribution is 7.47. The minimum Gasteiger partial charge on any atom is -0.463 e. The van der Waals surface area contributed by atoms with Crippen molar-refractivity contribution < 1.29 is 37.9 Å². The molecular weight excluding hydrogens is 701 g/mol. The Morgan fingerprint density at radius 3 is 1.52 bits per heavy atom. The van der Waals surface area contributed by atoms with Gasteiger partial charge in [0.05, 0.1) is 13.2 Å². The van der Waals surface area contributed by atoms with Gasteiger partial charge in [0.25, 0.3) is 0 Å². The normalized spacial score (nSPS) is 13.8. The molecule has 2 unspecified atom stereocenters. The summed E-state index contributed by atoms with van der Waals surface area (Å²) < 4.78 is 26.8. The Labute approximate surface area is 330 Å². The van der Waals surface area contributed by atoms with Gasteiger partial charge in [-0.2, -0.15) is 0 Å². The van der Waals surface area contributed by atoms with Crippen LogP contribution in [-0.2, 0) is 27.9 Å². The predicted molar refractivity (Wildman–Crippen MR) is 224 cm³/mol. The molecule has 0 spiro atoms. The fourth-order valence-electron chi connectivity index (χ4n) is 5.67. The number of phosphoric acid groups is 1. The van der Waals surface area contributed by atoms with Gasteiger partial charge in [-0.25, -0.2) is 4.57 Å². The molecule has 0 aromatic heterocycles. The highest BCUT2D eigenvalue weighted by atomic mass is 31.2. The molecule has 314 valence electrons. The number of aliphatic hydroxyl groups excluding tert-OH is 1. The number of nitrogens with one attached hydrogen (secondary N) is 1. The third kappa shape index (κ3) is 41.1. The summed E-state index contributed by atoms with van der Waals surface area (Å²) in [6, 6.07) is 0. The second-order valence-electron chi connectivity index (χ2n) is 14.3. The molecule has 0 rings (SSSR count). The van der Waals surface area contributed by atoms with E-state index >= 15 is 0 Å². The summed E-state index contributed by atoms with van der Waals surface area (Å²) in [7, 11) is -4.42. The van der Waals surface area contributed by atoms with Crippen molar-refractivity contribution >= 4 is 19.7 Å². The molecule has 0 aromatic rings. The zero-order valence-electron chi connectivity index (χ0n) is 34.4. The van der Waals surface area contributed by atoms with E-state index in [1.165, 1.54) is 83.5 Å². The van der Waals surface area contributed by atoms with Crippen LogP contribution in [0.15, 0.2) is 48.6 Å². The fourth-order valence-corrected chi connectivity index (χ4v) is 6.43. The molecule has 9 nitrogen and oxygen atoms in total. The molecule has 0 aromatic carbocycles. The van der Waals surface area contributed by atoms with Crippen molar-refractivity contribution in [2.24, 2.45) is 0 Å². The maximum atomic E-state index is 12.1.